The van der Waals surface area contributed by atoms with Crippen LogP contribution in [0.25, 0.3) is 0 Å². The van der Waals surface area contributed by atoms with Gasteiger partial charge in [0.15, 0.2) is 0 Å². The van der Waals surface area contributed by atoms with E-state index in [-0.39, 0.29) is 29.4 Å². The molecule has 0 bridgehead atoms. The highest BCUT2D eigenvalue weighted by Gasteiger charge is 2.62. The summed E-state index contributed by atoms with van der Waals surface area (Å²) >= 11 is 0. The van der Waals surface area contributed by atoms with Gasteiger partial charge in [-0.25, -0.2) is 0 Å². The maximum absolute atomic E-state index is 12.1. The van der Waals surface area contributed by atoms with Crippen LogP contribution in [-0.4, -0.2) is 40.5 Å². The van der Waals surface area contributed by atoms with Gasteiger partial charge in [-0.1, -0.05) is 20.8 Å². The lowest BCUT2D eigenvalue weighted by atomic mass is 9.44. The van der Waals surface area contributed by atoms with Crippen LogP contribution in [0.4, 0.5) is 0 Å². The van der Waals surface area contributed by atoms with E-state index in [2.05, 4.69) is 26.1 Å². The van der Waals surface area contributed by atoms with Gasteiger partial charge in [0.2, 0.25) is 5.91 Å². The lowest BCUT2D eigenvalue weighted by molar-refractivity contribution is -0.168. The molecule has 0 aliphatic heterocycles. The first-order valence-electron chi connectivity index (χ1n) is 12.7. The van der Waals surface area contributed by atoms with E-state index in [0.29, 0.717) is 60.6 Å². The second kappa shape index (κ2) is 8.73. The molecule has 6 heteroatoms. The molecule has 0 radical (unpaired) electrons. The predicted molar refractivity (Wildman–Crippen MR) is 121 cm³/mol. The SMILES string of the molecule is C[C@H](CCC(=O)NCC(=O)O)[C@H]1CC[C@H]2[C@@H]3[C@H](O)C[C@@H]4CC(=O)CC[C@]4(C)[C@H]3CC[C@]12C. The van der Waals surface area contributed by atoms with Gasteiger partial charge < -0.3 is 15.5 Å². The van der Waals surface area contributed by atoms with Crippen LogP contribution in [0.3, 0.4) is 0 Å². The molecular formula is C26H41NO5. The molecule has 4 fully saturated rings. The smallest absolute Gasteiger partial charge is 0.322 e. The number of aliphatic carboxylic acids is 1. The normalized spacial score (nSPS) is 44.2. The molecule has 4 aliphatic rings. The summed E-state index contributed by atoms with van der Waals surface area (Å²) in [6.07, 6.45) is 8.57. The van der Waals surface area contributed by atoms with Crippen LogP contribution in [0, 0.1) is 46.3 Å². The van der Waals surface area contributed by atoms with Gasteiger partial charge in [-0.15, -0.1) is 0 Å². The zero-order valence-corrected chi connectivity index (χ0v) is 19.9. The Kier molecular flexibility index (Phi) is 6.47. The van der Waals surface area contributed by atoms with E-state index in [9.17, 15) is 19.5 Å². The molecule has 0 heterocycles. The molecule has 0 aromatic heterocycles. The molecule has 0 spiro atoms. The third kappa shape index (κ3) is 4.01. The molecule has 3 N–H and O–H groups in total. The first-order valence-corrected chi connectivity index (χ1v) is 12.7. The molecule has 9 atom stereocenters. The number of aliphatic hydroxyl groups is 1. The number of carboxylic acids is 1. The van der Waals surface area contributed by atoms with E-state index in [1.54, 1.807) is 0 Å². The number of rotatable bonds is 6. The molecule has 4 rings (SSSR count). The Hall–Kier alpha value is -1.43. The van der Waals surface area contributed by atoms with Crippen LogP contribution in [0.15, 0.2) is 0 Å². The zero-order valence-electron chi connectivity index (χ0n) is 19.9. The largest absolute Gasteiger partial charge is 0.480 e. The number of aliphatic hydroxyl groups excluding tert-OH is 1. The summed E-state index contributed by atoms with van der Waals surface area (Å²) in [5, 5.41) is 22.5. The highest BCUT2D eigenvalue weighted by Crippen LogP contribution is 2.68. The summed E-state index contributed by atoms with van der Waals surface area (Å²) in [5.74, 6) is 1.80. The first-order chi connectivity index (χ1) is 15.1. The third-order valence-electron chi connectivity index (χ3n) is 10.5. The molecule has 6 nitrogen and oxygen atoms in total. The van der Waals surface area contributed by atoms with E-state index >= 15 is 0 Å². The van der Waals surface area contributed by atoms with Gasteiger partial charge in [-0.3, -0.25) is 14.4 Å². The van der Waals surface area contributed by atoms with Crippen LogP contribution in [0.5, 0.6) is 0 Å². The van der Waals surface area contributed by atoms with Crippen LogP contribution in [0.1, 0.15) is 85.0 Å². The van der Waals surface area contributed by atoms with E-state index in [1.165, 1.54) is 6.42 Å². The van der Waals surface area contributed by atoms with Gasteiger partial charge in [0.25, 0.3) is 0 Å². The maximum Gasteiger partial charge on any atom is 0.322 e. The average molecular weight is 448 g/mol. The summed E-state index contributed by atoms with van der Waals surface area (Å²) in [5.41, 5.74) is 0.373. The molecule has 32 heavy (non-hydrogen) atoms. The van der Waals surface area contributed by atoms with Crippen molar-refractivity contribution in [3.05, 3.63) is 0 Å². The number of amides is 1. The number of carbonyl (C=O) groups is 3. The van der Waals surface area contributed by atoms with E-state index in [0.717, 1.165) is 38.5 Å². The van der Waals surface area contributed by atoms with Gasteiger partial charge in [0.1, 0.15) is 12.3 Å². The second-order valence-corrected chi connectivity index (χ2v) is 12.0. The Morgan fingerprint density at radius 2 is 1.84 bits per heavy atom. The van der Waals surface area contributed by atoms with E-state index in [4.69, 9.17) is 5.11 Å². The van der Waals surface area contributed by atoms with Crippen molar-refractivity contribution < 1.29 is 24.6 Å². The summed E-state index contributed by atoms with van der Waals surface area (Å²) < 4.78 is 0. The third-order valence-corrected chi connectivity index (χ3v) is 10.5. The van der Waals surface area contributed by atoms with Gasteiger partial charge in [0.05, 0.1) is 6.10 Å². The zero-order chi connectivity index (χ0) is 23.3. The minimum absolute atomic E-state index is 0.184. The van der Waals surface area contributed by atoms with Crippen molar-refractivity contribution in [1.29, 1.82) is 0 Å². The minimum Gasteiger partial charge on any atom is -0.480 e. The van der Waals surface area contributed by atoms with Crippen molar-refractivity contribution in [3.8, 4) is 0 Å². The number of Topliss-reactive ketones (excluding diaryl/α,β-unsaturated/α-hetero) is 1. The monoisotopic (exact) mass is 447 g/mol. The van der Waals surface area contributed by atoms with E-state index in [1.807, 2.05) is 0 Å². The first kappa shape index (κ1) is 23.7. The predicted octanol–water partition coefficient (Wildman–Crippen LogP) is 3.80. The number of hydrogen-bond acceptors (Lipinski definition) is 4. The van der Waals surface area contributed by atoms with Gasteiger partial charge >= 0.3 is 5.97 Å². The standard InChI is InChI=1S/C26H41NO5/c1-15(4-7-22(30)27-14-23(31)32)18-5-6-19-24-20(9-11-26(18,19)3)25(2)10-8-17(28)12-16(25)13-21(24)29/h15-16,18-21,24,29H,4-14H2,1-3H3,(H,27,30)(H,31,32)/t15-,16+,18-,19+,20+,21-,24+,25+,26-/m1/s1. The Morgan fingerprint density at radius 1 is 1.12 bits per heavy atom. The molecule has 4 aliphatic carbocycles. The Morgan fingerprint density at radius 3 is 2.56 bits per heavy atom. The lowest BCUT2D eigenvalue weighted by Crippen LogP contribution is -2.58. The number of fused-ring (bicyclic) bond motifs is 5. The minimum atomic E-state index is -1.02. The van der Waals surface area contributed by atoms with Crippen molar-refractivity contribution in [3.63, 3.8) is 0 Å². The average Bonchev–Trinajstić information content (AvgIpc) is 3.09. The summed E-state index contributed by atoms with van der Waals surface area (Å²) in [4.78, 5) is 34.8. The van der Waals surface area contributed by atoms with Crippen LogP contribution in [-0.2, 0) is 14.4 Å². The Labute approximate surface area is 191 Å². The van der Waals surface area contributed by atoms with Crippen molar-refractivity contribution in [2.24, 2.45) is 46.3 Å². The molecule has 0 saturated heterocycles. The molecule has 0 aromatic rings. The summed E-state index contributed by atoms with van der Waals surface area (Å²) in [6.45, 7) is 6.76. The highest BCUT2D eigenvalue weighted by atomic mass is 16.4. The molecule has 180 valence electrons. The van der Waals surface area contributed by atoms with Gasteiger partial charge in [0, 0.05) is 19.3 Å². The van der Waals surface area contributed by atoms with Gasteiger partial charge in [-0.2, -0.15) is 0 Å². The second-order valence-electron chi connectivity index (χ2n) is 12.0. The number of hydrogen-bond donors (Lipinski definition) is 3. The molecule has 0 aromatic carbocycles. The summed E-state index contributed by atoms with van der Waals surface area (Å²) in [7, 11) is 0. The van der Waals surface area contributed by atoms with E-state index < -0.39 is 5.97 Å². The van der Waals surface area contributed by atoms with Crippen molar-refractivity contribution in [2.45, 2.75) is 91.1 Å². The topological polar surface area (TPSA) is 104 Å². The van der Waals surface area contributed by atoms with Crippen molar-refractivity contribution in [2.75, 3.05) is 6.54 Å². The van der Waals surface area contributed by atoms with Crippen molar-refractivity contribution in [1.82, 2.24) is 5.32 Å². The summed E-state index contributed by atoms with van der Waals surface area (Å²) in [6, 6.07) is 0. The fourth-order valence-electron chi connectivity index (χ4n) is 8.81. The number of carboxylic acid groups (broad SMARTS) is 1. The molecular weight excluding hydrogens is 406 g/mol. The number of nitrogens with one attached hydrogen (secondary N) is 1. The Balaban J connectivity index is 1.44. The van der Waals surface area contributed by atoms with Crippen molar-refractivity contribution >= 4 is 17.7 Å². The fraction of sp³-hybridized carbons (Fsp3) is 0.885. The molecule has 0 unspecified atom stereocenters. The Bertz CT molecular complexity index is 767. The lowest BCUT2D eigenvalue weighted by Gasteiger charge is -2.62. The van der Waals surface area contributed by atoms with Gasteiger partial charge in [-0.05, 0) is 91.3 Å². The number of carbonyl (C=O) groups excluding carboxylic acids is 2. The molecule has 1 amide bonds. The van der Waals surface area contributed by atoms with Crippen LogP contribution >= 0.6 is 0 Å². The molecule has 4 saturated carbocycles. The fourth-order valence-corrected chi connectivity index (χ4v) is 8.81. The van der Waals surface area contributed by atoms with Crippen LogP contribution < -0.4 is 5.32 Å². The maximum atomic E-state index is 12.1. The number of ketones is 1. The van der Waals surface area contributed by atoms with Crippen LogP contribution in [0.2, 0.25) is 0 Å². The highest BCUT2D eigenvalue weighted by molar-refractivity contribution is 5.81. The quantitative estimate of drug-likeness (QED) is 0.575.